The summed E-state index contributed by atoms with van der Waals surface area (Å²) in [4.78, 5) is 23.3. The number of nitrogens with zero attached hydrogens (tertiary/aromatic N) is 1. The number of hydrogen-bond acceptors (Lipinski definition) is 5. The SMILES string of the molecule is CC(=O)Nc1ccc(NC(=O)COc2ccc(S(=O)(=O)N3CCCCC3)cc2)cc1. The van der Waals surface area contributed by atoms with Crippen LogP contribution in [-0.2, 0) is 19.6 Å². The third kappa shape index (κ3) is 5.80. The van der Waals surface area contributed by atoms with Crippen molar-refractivity contribution < 1.29 is 22.7 Å². The van der Waals surface area contributed by atoms with E-state index in [1.54, 1.807) is 36.4 Å². The van der Waals surface area contributed by atoms with E-state index < -0.39 is 10.0 Å². The molecule has 30 heavy (non-hydrogen) atoms. The topological polar surface area (TPSA) is 105 Å². The molecule has 1 heterocycles. The van der Waals surface area contributed by atoms with Crippen LogP contribution in [0, 0.1) is 0 Å². The highest BCUT2D eigenvalue weighted by atomic mass is 32.2. The molecule has 9 heteroatoms. The number of carbonyl (C=O) groups excluding carboxylic acids is 2. The lowest BCUT2D eigenvalue weighted by atomic mass is 10.2. The fourth-order valence-corrected chi connectivity index (χ4v) is 4.67. The van der Waals surface area contributed by atoms with Crippen molar-refractivity contribution in [3.05, 3.63) is 48.5 Å². The molecule has 1 saturated heterocycles. The van der Waals surface area contributed by atoms with Gasteiger partial charge in [-0.05, 0) is 61.4 Å². The van der Waals surface area contributed by atoms with Gasteiger partial charge in [-0.1, -0.05) is 6.42 Å². The van der Waals surface area contributed by atoms with E-state index >= 15 is 0 Å². The second-order valence-electron chi connectivity index (χ2n) is 7.03. The molecule has 0 spiro atoms. The van der Waals surface area contributed by atoms with Crippen molar-refractivity contribution >= 4 is 33.2 Å². The van der Waals surface area contributed by atoms with Crippen molar-refractivity contribution in [3.63, 3.8) is 0 Å². The fraction of sp³-hybridized carbons (Fsp3) is 0.333. The Kier molecular flexibility index (Phi) is 7.07. The van der Waals surface area contributed by atoms with Gasteiger partial charge in [0.25, 0.3) is 5.91 Å². The third-order valence-electron chi connectivity index (χ3n) is 4.64. The number of carbonyl (C=O) groups is 2. The molecule has 0 radical (unpaired) electrons. The Balaban J connectivity index is 1.52. The Morgan fingerprint density at radius 1 is 0.900 bits per heavy atom. The van der Waals surface area contributed by atoms with Crippen LogP contribution in [0.4, 0.5) is 11.4 Å². The number of piperidine rings is 1. The number of nitrogens with one attached hydrogen (secondary N) is 2. The average Bonchev–Trinajstić information content (AvgIpc) is 2.74. The van der Waals surface area contributed by atoms with E-state index in [1.807, 2.05) is 0 Å². The lowest BCUT2D eigenvalue weighted by molar-refractivity contribution is -0.118. The van der Waals surface area contributed by atoms with Gasteiger partial charge in [-0.15, -0.1) is 0 Å². The van der Waals surface area contributed by atoms with Gasteiger partial charge in [0.15, 0.2) is 6.61 Å². The molecule has 2 aromatic rings. The summed E-state index contributed by atoms with van der Waals surface area (Å²) in [7, 11) is -3.49. The number of rotatable bonds is 7. The molecule has 2 aromatic carbocycles. The van der Waals surface area contributed by atoms with Gasteiger partial charge >= 0.3 is 0 Å². The fourth-order valence-electron chi connectivity index (χ4n) is 3.15. The van der Waals surface area contributed by atoms with Gasteiger partial charge in [-0.3, -0.25) is 9.59 Å². The van der Waals surface area contributed by atoms with E-state index in [1.165, 1.54) is 23.4 Å². The smallest absolute Gasteiger partial charge is 0.262 e. The minimum Gasteiger partial charge on any atom is -0.484 e. The normalized spacial score (nSPS) is 14.7. The highest BCUT2D eigenvalue weighted by molar-refractivity contribution is 7.89. The summed E-state index contributed by atoms with van der Waals surface area (Å²) < 4.78 is 32.3. The van der Waals surface area contributed by atoms with E-state index in [2.05, 4.69) is 10.6 Å². The molecule has 0 saturated carbocycles. The van der Waals surface area contributed by atoms with Crippen LogP contribution in [0.5, 0.6) is 5.75 Å². The molecule has 0 atom stereocenters. The van der Waals surface area contributed by atoms with E-state index in [-0.39, 0.29) is 23.3 Å². The van der Waals surface area contributed by atoms with Crippen molar-refractivity contribution in [2.24, 2.45) is 0 Å². The number of hydrogen-bond donors (Lipinski definition) is 2. The molecule has 2 N–H and O–H groups in total. The third-order valence-corrected chi connectivity index (χ3v) is 6.55. The first-order chi connectivity index (χ1) is 14.3. The van der Waals surface area contributed by atoms with Crippen LogP contribution in [-0.4, -0.2) is 44.2 Å². The minimum absolute atomic E-state index is 0.171. The summed E-state index contributed by atoms with van der Waals surface area (Å²) in [6.07, 6.45) is 2.82. The summed E-state index contributed by atoms with van der Waals surface area (Å²) in [6, 6.07) is 12.8. The van der Waals surface area contributed by atoms with Crippen molar-refractivity contribution in [2.45, 2.75) is 31.1 Å². The maximum Gasteiger partial charge on any atom is 0.262 e. The molecule has 2 amide bonds. The highest BCUT2D eigenvalue weighted by Crippen LogP contribution is 2.22. The Bertz CT molecular complexity index is 982. The molecule has 0 aliphatic carbocycles. The van der Waals surface area contributed by atoms with E-state index in [9.17, 15) is 18.0 Å². The molecule has 1 aliphatic heterocycles. The quantitative estimate of drug-likeness (QED) is 0.701. The predicted molar refractivity (Wildman–Crippen MR) is 114 cm³/mol. The summed E-state index contributed by atoms with van der Waals surface area (Å²) in [6.45, 7) is 2.30. The lowest BCUT2D eigenvalue weighted by Crippen LogP contribution is -2.35. The zero-order chi connectivity index (χ0) is 21.6. The number of amides is 2. The number of anilines is 2. The lowest BCUT2D eigenvalue weighted by Gasteiger charge is -2.25. The standard InChI is InChI=1S/C21H25N3O5S/c1-16(25)22-17-5-7-18(8-6-17)23-21(26)15-29-19-9-11-20(12-10-19)30(27,28)24-13-3-2-4-14-24/h5-12H,2-4,13-15H2,1H3,(H,22,25)(H,23,26). The van der Waals surface area contributed by atoms with Crippen molar-refractivity contribution in [1.29, 1.82) is 0 Å². The van der Waals surface area contributed by atoms with Crippen LogP contribution in [0.15, 0.2) is 53.4 Å². The van der Waals surface area contributed by atoms with Gasteiger partial charge in [0.05, 0.1) is 4.90 Å². The Labute approximate surface area is 176 Å². The highest BCUT2D eigenvalue weighted by Gasteiger charge is 2.25. The van der Waals surface area contributed by atoms with Gasteiger partial charge in [-0.2, -0.15) is 4.31 Å². The van der Waals surface area contributed by atoms with Gasteiger partial charge in [0.2, 0.25) is 15.9 Å². The van der Waals surface area contributed by atoms with Crippen LogP contribution in [0.25, 0.3) is 0 Å². The molecule has 0 aromatic heterocycles. The maximum absolute atomic E-state index is 12.6. The molecule has 3 rings (SSSR count). The van der Waals surface area contributed by atoms with Crippen LogP contribution in [0.1, 0.15) is 26.2 Å². The van der Waals surface area contributed by atoms with Crippen LogP contribution >= 0.6 is 0 Å². The van der Waals surface area contributed by atoms with Crippen LogP contribution in [0.3, 0.4) is 0 Å². The van der Waals surface area contributed by atoms with Crippen molar-refractivity contribution in [3.8, 4) is 5.75 Å². The van der Waals surface area contributed by atoms with Gasteiger partial charge in [0.1, 0.15) is 5.75 Å². The number of benzene rings is 2. The zero-order valence-corrected chi connectivity index (χ0v) is 17.6. The summed E-state index contributed by atoms with van der Waals surface area (Å²) in [5, 5.41) is 5.34. The van der Waals surface area contributed by atoms with Crippen molar-refractivity contribution in [1.82, 2.24) is 4.31 Å². The zero-order valence-electron chi connectivity index (χ0n) is 16.8. The van der Waals surface area contributed by atoms with E-state index in [4.69, 9.17) is 4.74 Å². The molecule has 160 valence electrons. The second-order valence-corrected chi connectivity index (χ2v) is 8.97. The summed E-state index contributed by atoms with van der Waals surface area (Å²) in [5.74, 6) is -0.119. The average molecular weight is 432 g/mol. The number of ether oxygens (including phenoxy) is 1. The van der Waals surface area contributed by atoms with Crippen molar-refractivity contribution in [2.75, 3.05) is 30.3 Å². The van der Waals surface area contributed by atoms with E-state index in [0.29, 0.717) is 30.2 Å². The molecule has 1 fully saturated rings. The Morgan fingerprint density at radius 2 is 1.47 bits per heavy atom. The maximum atomic E-state index is 12.6. The minimum atomic E-state index is -3.49. The van der Waals surface area contributed by atoms with Gasteiger partial charge < -0.3 is 15.4 Å². The van der Waals surface area contributed by atoms with Crippen LogP contribution in [0.2, 0.25) is 0 Å². The molecule has 0 unspecified atom stereocenters. The molecular weight excluding hydrogens is 406 g/mol. The van der Waals surface area contributed by atoms with Crippen LogP contribution < -0.4 is 15.4 Å². The van der Waals surface area contributed by atoms with E-state index in [0.717, 1.165) is 19.3 Å². The summed E-state index contributed by atoms with van der Waals surface area (Å²) in [5.41, 5.74) is 1.21. The second kappa shape index (κ2) is 9.73. The first-order valence-corrected chi connectivity index (χ1v) is 11.2. The molecule has 8 nitrogen and oxygen atoms in total. The molecule has 1 aliphatic rings. The number of sulfonamides is 1. The predicted octanol–water partition coefficient (Wildman–Crippen LogP) is 2.84. The Morgan fingerprint density at radius 3 is 2.03 bits per heavy atom. The van der Waals surface area contributed by atoms with Gasteiger partial charge in [0, 0.05) is 31.4 Å². The van der Waals surface area contributed by atoms with Gasteiger partial charge in [-0.25, -0.2) is 8.42 Å². The summed E-state index contributed by atoms with van der Waals surface area (Å²) >= 11 is 0. The first-order valence-electron chi connectivity index (χ1n) is 9.75. The monoisotopic (exact) mass is 431 g/mol. The molecular formula is C21H25N3O5S. The largest absolute Gasteiger partial charge is 0.484 e. The Hall–Kier alpha value is -2.91. The first kappa shape index (κ1) is 21.8. The molecule has 0 bridgehead atoms.